The molecular formula is C22H36O5. The van der Waals surface area contributed by atoms with Gasteiger partial charge in [0, 0.05) is 25.4 Å². The molecule has 27 heavy (non-hydrogen) atoms. The minimum absolute atomic E-state index is 0.000634. The summed E-state index contributed by atoms with van der Waals surface area (Å²) in [4.78, 5) is 22.9. The average Bonchev–Trinajstić information content (AvgIpc) is 2.94. The van der Waals surface area contributed by atoms with E-state index in [2.05, 4.69) is 0 Å². The first-order valence-corrected chi connectivity index (χ1v) is 10.4. The van der Waals surface area contributed by atoms with Crippen molar-refractivity contribution in [1.82, 2.24) is 0 Å². The van der Waals surface area contributed by atoms with Crippen LogP contribution < -0.4 is 0 Å². The Balaban J connectivity index is 2.46. The predicted octanol–water partition coefficient (Wildman–Crippen LogP) is 3.89. The number of hydrogen-bond acceptors (Lipinski definition) is 4. The largest absolute Gasteiger partial charge is 0.481 e. The summed E-state index contributed by atoms with van der Waals surface area (Å²) in [5, 5.41) is 28.3. The Morgan fingerprint density at radius 1 is 1.19 bits per heavy atom. The summed E-state index contributed by atoms with van der Waals surface area (Å²) in [5.41, 5.74) is 0. The van der Waals surface area contributed by atoms with Crippen LogP contribution in [0.4, 0.5) is 0 Å². The van der Waals surface area contributed by atoms with Gasteiger partial charge in [-0.1, -0.05) is 56.9 Å². The Labute approximate surface area is 163 Å². The van der Waals surface area contributed by atoms with Crippen LogP contribution in [0.25, 0.3) is 0 Å². The fraction of sp³-hybridized carbons (Fsp3) is 0.727. The van der Waals surface area contributed by atoms with Gasteiger partial charge in [0.05, 0.1) is 6.10 Å². The van der Waals surface area contributed by atoms with E-state index in [0.29, 0.717) is 19.3 Å². The molecule has 0 aromatic rings. The van der Waals surface area contributed by atoms with Crippen molar-refractivity contribution in [2.24, 2.45) is 17.8 Å². The van der Waals surface area contributed by atoms with Crippen LogP contribution in [0.15, 0.2) is 24.3 Å². The Morgan fingerprint density at radius 2 is 1.89 bits per heavy atom. The predicted molar refractivity (Wildman–Crippen MR) is 106 cm³/mol. The summed E-state index contributed by atoms with van der Waals surface area (Å²) >= 11 is 0. The molecule has 3 N–H and O–H groups in total. The zero-order valence-electron chi connectivity index (χ0n) is 16.6. The first-order chi connectivity index (χ1) is 13.0. The second-order valence-electron chi connectivity index (χ2n) is 7.56. The number of allylic oxidation sites excluding steroid dienone is 2. The molecule has 4 atom stereocenters. The first kappa shape index (κ1) is 23.6. The van der Waals surface area contributed by atoms with Crippen LogP contribution in [0.3, 0.4) is 0 Å². The van der Waals surface area contributed by atoms with Crippen molar-refractivity contribution >= 4 is 11.8 Å². The van der Waals surface area contributed by atoms with Crippen LogP contribution >= 0.6 is 0 Å². The number of carbonyl (C=O) groups is 2. The summed E-state index contributed by atoms with van der Waals surface area (Å²) in [6.07, 6.45) is 14.6. The standard InChI is InChI=1S/C22H36O5/c1-2-3-7-10-18(24)13-14-19-17(16-23)15-21(25)20(19)11-8-5-4-6-9-12-22(26)27/h3,7,13-14,17-20,23-24H,2,4-6,8-12,15-16H2,1H3,(H,26,27)/t17-,18?,19-,20+/m1/s1. The van der Waals surface area contributed by atoms with Gasteiger partial charge in [-0.25, -0.2) is 0 Å². The number of Topliss-reactive ketones (excluding diaryl/α,β-unsaturated/α-hetero) is 1. The maximum atomic E-state index is 12.4. The number of unbranched alkanes of at least 4 members (excludes halogenated alkanes) is 4. The normalized spacial score (nSPS) is 24.3. The molecule has 5 nitrogen and oxygen atoms in total. The molecule has 0 aromatic carbocycles. The van der Waals surface area contributed by atoms with Crippen LogP contribution in [0.5, 0.6) is 0 Å². The minimum Gasteiger partial charge on any atom is -0.481 e. The van der Waals surface area contributed by atoms with Crippen LogP contribution in [-0.2, 0) is 9.59 Å². The maximum absolute atomic E-state index is 12.4. The number of aliphatic carboxylic acids is 1. The fourth-order valence-corrected chi connectivity index (χ4v) is 3.83. The molecule has 0 amide bonds. The Morgan fingerprint density at radius 3 is 2.56 bits per heavy atom. The lowest BCUT2D eigenvalue weighted by molar-refractivity contribution is -0.137. The number of carboxylic acid groups (broad SMARTS) is 1. The van der Waals surface area contributed by atoms with Crippen molar-refractivity contribution in [3.63, 3.8) is 0 Å². The van der Waals surface area contributed by atoms with E-state index in [1.807, 2.05) is 25.2 Å². The zero-order chi connectivity index (χ0) is 20.1. The van der Waals surface area contributed by atoms with Crippen molar-refractivity contribution in [2.75, 3.05) is 6.61 Å². The first-order valence-electron chi connectivity index (χ1n) is 10.4. The van der Waals surface area contributed by atoms with Gasteiger partial charge in [-0.2, -0.15) is 0 Å². The Kier molecular flexibility index (Phi) is 11.9. The third-order valence-electron chi connectivity index (χ3n) is 5.36. The van der Waals surface area contributed by atoms with Crippen molar-refractivity contribution in [3.8, 4) is 0 Å². The Bertz CT molecular complexity index is 497. The lowest BCUT2D eigenvalue weighted by atomic mass is 9.85. The van der Waals surface area contributed by atoms with Gasteiger partial charge in [0.2, 0.25) is 0 Å². The number of aliphatic hydroxyl groups is 2. The van der Waals surface area contributed by atoms with Crippen LogP contribution in [-0.4, -0.2) is 39.8 Å². The number of hydrogen-bond donors (Lipinski definition) is 3. The highest BCUT2D eigenvalue weighted by Crippen LogP contribution is 2.38. The number of aliphatic hydroxyl groups excluding tert-OH is 2. The summed E-state index contributed by atoms with van der Waals surface area (Å²) in [6.45, 7) is 2.05. The smallest absolute Gasteiger partial charge is 0.303 e. The van der Waals surface area contributed by atoms with Crippen molar-refractivity contribution in [3.05, 3.63) is 24.3 Å². The molecular weight excluding hydrogens is 344 g/mol. The average molecular weight is 381 g/mol. The van der Waals surface area contributed by atoms with E-state index in [1.165, 1.54) is 0 Å². The van der Waals surface area contributed by atoms with E-state index in [1.54, 1.807) is 6.08 Å². The van der Waals surface area contributed by atoms with E-state index < -0.39 is 12.1 Å². The summed E-state index contributed by atoms with van der Waals surface area (Å²) < 4.78 is 0. The van der Waals surface area contributed by atoms with Gasteiger partial charge in [0.25, 0.3) is 0 Å². The number of rotatable bonds is 14. The topological polar surface area (TPSA) is 94.8 Å². The lowest BCUT2D eigenvalue weighted by Crippen LogP contribution is -2.18. The molecule has 0 radical (unpaired) electrons. The van der Waals surface area contributed by atoms with E-state index in [4.69, 9.17) is 5.11 Å². The van der Waals surface area contributed by atoms with Crippen LogP contribution in [0, 0.1) is 17.8 Å². The van der Waals surface area contributed by atoms with Gasteiger partial charge in [-0.05, 0) is 37.5 Å². The highest BCUT2D eigenvalue weighted by Gasteiger charge is 2.39. The van der Waals surface area contributed by atoms with Crippen molar-refractivity contribution in [2.45, 2.75) is 77.2 Å². The lowest BCUT2D eigenvalue weighted by Gasteiger charge is -2.20. The molecule has 1 rings (SSSR count). The molecule has 0 saturated heterocycles. The minimum atomic E-state index is -0.747. The van der Waals surface area contributed by atoms with E-state index in [9.17, 15) is 19.8 Å². The third kappa shape index (κ3) is 9.34. The Hall–Kier alpha value is -1.46. The summed E-state index contributed by atoms with van der Waals surface area (Å²) in [7, 11) is 0. The van der Waals surface area contributed by atoms with E-state index >= 15 is 0 Å². The zero-order valence-corrected chi connectivity index (χ0v) is 16.6. The highest BCUT2D eigenvalue weighted by molar-refractivity contribution is 5.84. The van der Waals surface area contributed by atoms with Crippen molar-refractivity contribution in [1.29, 1.82) is 0 Å². The molecule has 0 spiro atoms. The van der Waals surface area contributed by atoms with Gasteiger partial charge in [0.15, 0.2) is 0 Å². The SMILES string of the molecule is CCC=CCC(O)C=C[C@@H]1[C@@H](CO)CC(=O)[C@H]1CCCCCCCC(=O)O. The van der Waals surface area contributed by atoms with E-state index in [-0.39, 0.29) is 36.6 Å². The second kappa shape index (κ2) is 13.7. The summed E-state index contributed by atoms with van der Waals surface area (Å²) in [6, 6.07) is 0. The molecule has 1 aliphatic rings. The van der Waals surface area contributed by atoms with Crippen LogP contribution in [0.1, 0.15) is 71.1 Å². The van der Waals surface area contributed by atoms with Gasteiger partial charge < -0.3 is 15.3 Å². The molecule has 1 fully saturated rings. The van der Waals surface area contributed by atoms with Gasteiger partial charge in [-0.3, -0.25) is 9.59 Å². The van der Waals surface area contributed by atoms with Crippen LogP contribution in [0.2, 0.25) is 0 Å². The monoisotopic (exact) mass is 380 g/mol. The molecule has 5 heteroatoms. The van der Waals surface area contributed by atoms with Crippen molar-refractivity contribution < 1.29 is 24.9 Å². The second-order valence-corrected chi connectivity index (χ2v) is 7.56. The third-order valence-corrected chi connectivity index (χ3v) is 5.36. The molecule has 1 saturated carbocycles. The number of carboxylic acids is 1. The molecule has 154 valence electrons. The molecule has 0 bridgehead atoms. The molecule has 0 aliphatic heterocycles. The van der Waals surface area contributed by atoms with Gasteiger partial charge in [0.1, 0.15) is 5.78 Å². The molecule has 0 aromatic heterocycles. The molecule has 1 unspecified atom stereocenters. The van der Waals surface area contributed by atoms with Gasteiger partial charge in [-0.15, -0.1) is 0 Å². The van der Waals surface area contributed by atoms with Gasteiger partial charge >= 0.3 is 5.97 Å². The quantitative estimate of drug-likeness (QED) is 0.314. The molecule has 0 heterocycles. The highest BCUT2D eigenvalue weighted by atomic mass is 16.4. The number of ketones is 1. The maximum Gasteiger partial charge on any atom is 0.303 e. The van der Waals surface area contributed by atoms with E-state index in [0.717, 1.165) is 38.5 Å². The molecule has 1 aliphatic carbocycles. The fourth-order valence-electron chi connectivity index (χ4n) is 3.83. The summed E-state index contributed by atoms with van der Waals surface area (Å²) in [5.74, 6) is -0.652. The number of carbonyl (C=O) groups excluding carboxylic acids is 1.